The van der Waals surface area contributed by atoms with Crippen LogP contribution in [0.5, 0.6) is 0 Å². The topological polar surface area (TPSA) is 57.6 Å². The zero-order valence-corrected chi connectivity index (χ0v) is 11.2. The Morgan fingerprint density at radius 2 is 2.13 bits per heavy atom. The quantitative estimate of drug-likeness (QED) is 0.420. The summed E-state index contributed by atoms with van der Waals surface area (Å²) in [6.45, 7) is 3.32. The fourth-order valence-corrected chi connectivity index (χ4v) is 3.05. The van der Waals surface area contributed by atoms with Crippen LogP contribution in [-0.2, 0) is 9.59 Å². The number of rotatable bonds is 7. The molecule has 0 aromatic rings. The van der Waals surface area contributed by atoms with Crippen LogP contribution >= 0.6 is 34.4 Å². The summed E-state index contributed by atoms with van der Waals surface area (Å²) >= 11 is 3.99. The standard InChI is InChI=1S/C8H15NO3S3/c1-3-14-15-9(6(2)10)7(4-5-13)8(11)12/h7,13H,3-5H2,1-2H3,(H,11,12). The van der Waals surface area contributed by atoms with Crippen LogP contribution in [0.3, 0.4) is 0 Å². The molecule has 0 saturated heterocycles. The van der Waals surface area contributed by atoms with Crippen molar-refractivity contribution >= 4 is 46.3 Å². The SMILES string of the molecule is CCSSN(C(C)=O)C(CCS)C(=O)O. The van der Waals surface area contributed by atoms with Crippen molar-refractivity contribution in [2.24, 2.45) is 0 Å². The van der Waals surface area contributed by atoms with Crippen molar-refractivity contribution in [1.82, 2.24) is 4.31 Å². The van der Waals surface area contributed by atoms with Crippen LogP contribution in [0.25, 0.3) is 0 Å². The molecule has 1 N–H and O–H groups in total. The van der Waals surface area contributed by atoms with Gasteiger partial charge in [0.25, 0.3) is 0 Å². The van der Waals surface area contributed by atoms with Gasteiger partial charge in [0.15, 0.2) is 0 Å². The Labute approximate surface area is 103 Å². The maximum absolute atomic E-state index is 11.3. The van der Waals surface area contributed by atoms with Crippen molar-refractivity contribution in [1.29, 1.82) is 0 Å². The van der Waals surface area contributed by atoms with Crippen molar-refractivity contribution in [3.05, 3.63) is 0 Å². The minimum absolute atomic E-state index is 0.241. The molecule has 0 aliphatic rings. The third-order valence-corrected chi connectivity index (χ3v) is 4.31. The van der Waals surface area contributed by atoms with Crippen molar-refractivity contribution in [3.63, 3.8) is 0 Å². The Balaban J connectivity index is 4.52. The van der Waals surface area contributed by atoms with Crippen LogP contribution in [0.15, 0.2) is 0 Å². The van der Waals surface area contributed by atoms with E-state index in [1.54, 1.807) is 0 Å². The summed E-state index contributed by atoms with van der Waals surface area (Å²) in [7, 11) is 2.64. The molecule has 0 saturated carbocycles. The van der Waals surface area contributed by atoms with E-state index in [-0.39, 0.29) is 5.91 Å². The normalized spacial score (nSPS) is 12.2. The van der Waals surface area contributed by atoms with Gasteiger partial charge in [0.05, 0.1) is 0 Å². The van der Waals surface area contributed by atoms with Gasteiger partial charge in [-0.2, -0.15) is 12.6 Å². The maximum Gasteiger partial charge on any atom is 0.327 e. The molecule has 88 valence electrons. The maximum atomic E-state index is 11.3. The number of hydrogen-bond donors (Lipinski definition) is 2. The second kappa shape index (κ2) is 8.18. The number of carboxylic acid groups (broad SMARTS) is 1. The third-order valence-electron chi connectivity index (χ3n) is 1.53. The number of carboxylic acids is 1. The van der Waals surface area contributed by atoms with Crippen LogP contribution in [-0.4, -0.2) is 38.8 Å². The van der Waals surface area contributed by atoms with E-state index in [1.807, 2.05) is 6.92 Å². The van der Waals surface area contributed by atoms with Gasteiger partial charge in [-0.05, 0) is 12.2 Å². The average Bonchev–Trinajstić information content (AvgIpc) is 2.16. The van der Waals surface area contributed by atoms with Gasteiger partial charge in [-0.25, -0.2) is 4.79 Å². The number of hydrogen-bond acceptors (Lipinski definition) is 5. The Bertz CT molecular complexity index is 225. The highest BCUT2D eigenvalue weighted by Crippen LogP contribution is 2.29. The molecule has 0 radical (unpaired) electrons. The number of carbonyl (C=O) groups is 2. The minimum Gasteiger partial charge on any atom is -0.480 e. The largest absolute Gasteiger partial charge is 0.480 e. The molecule has 0 fully saturated rings. The Morgan fingerprint density at radius 1 is 1.53 bits per heavy atom. The third kappa shape index (κ3) is 5.58. The lowest BCUT2D eigenvalue weighted by atomic mass is 10.2. The van der Waals surface area contributed by atoms with Crippen LogP contribution in [0.2, 0.25) is 0 Å². The minimum atomic E-state index is -0.983. The smallest absolute Gasteiger partial charge is 0.327 e. The first kappa shape index (κ1) is 15.0. The van der Waals surface area contributed by atoms with Gasteiger partial charge in [-0.3, -0.25) is 9.10 Å². The predicted octanol–water partition coefficient (Wildman–Crippen LogP) is 1.92. The van der Waals surface area contributed by atoms with E-state index < -0.39 is 12.0 Å². The molecule has 1 amide bonds. The van der Waals surface area contributed by atoms with E-state index in [2.05, 4.69) is 12.6 Å². The second-order valence-corrected chi connectivity index (χ2v) is 5.65. The van der Waals surface area contributed by atoms with Gasteiger partial charge in [0, 0.05) is 23.7 Å². The van der Waals surface area contributed by atoms with E-state index in [0.29, 0.717) is 12.2 Å². The number of thiol groups is 1. The Hall–Kier alpha value is -0.0100. The van der Waals surface area contributed by atoms with Crippen molar-refractivity contribution in [2.75, 3.05) is 11.5 Å². The van der Waals surface area contributed by atoms with Gasteiger partial charge in [-0.1, -0.05) is 17.7 Å². The van der Waals surface area contributed by atoms with Gasteiger partial charge < -0.3 is 5.11 Å². The first-order valence-corrected chi connectivity index (χ1v) is 7.38. The summed E-state index contributed by atoms with van der Waals surface area (Å²) in [6, 6.07) is -0.788. The summed E-state index contributed by atoms with van der Waals surface area (Å²) in [5.41, 5.74) is 0. The van der Waals surface area contributed by atoms with E-state index in [0.717, 1.165) is 5.75 Å². The molecule has 0 heterocycles. The molecule has 15 heavy (non-hydrogen) atoms. The summed E-state index contributed by atoms with van der Waals surface area (Å²) < 4.78 is 1.30. The highest BCUT2D eigenvalue weighted by atomic mass is 33.1. The van der Waals surface area contributed by atoms with Crippen LogP contribution in [0, 0.1) is 0 Å². The van der Waals surface area contributed by atoms with Crippen molar-refractivity contribution in [2.45, 2.75) is 26.3 Å². The lowest BCUT2D eigenvalue weighted by Crippen LogP contribution is -2.39. The molecule has 0 rings (SSSR count). The zero-order chi connectivity index (χ0) is 11.8. The molecule has 0 bridgehead atoms. The van der Waals surface area contributed by atoms with Crippen LogP contribution < -0.4 is 0 Å². The van der Waals surface area contributed by atoms with Crippen molar-refractivity contribution < 1.29 is 14.7 Å². The van der Waals surface area contributed by atoms with Gasteiger partial charge in [0.2, 0.25) is 5.91 Å². The molecule has 7 heteroatoms. The van der Waals surface area contributed by atoms with E-state index in [9.17, 15) is 9.59 Å². The fourth-order valence-electron chi connectivity index (χ4n) is 0.897. The molecule has 0 aliphatic heterocycles. The lowest BCUT2D eigenvalue weighted by molar-refractivity contribution is -0.145. The predicted molar refractivity (Wildman–Crippen MR) is 68.1 cm³/mol. The molecule has 0 aliphatic carbocycles. The number of nitrogens with zero attached hydrogens (tertiary/aromatic N) is 1. The van der Waals surface area contributed by atoms with E-state index >= 15 is 0 Å². The zero-order valence-electron chi connectivity index (χ0n) is 8.67. The van der Waals surface area contributed by atoms with Crippen LogP contribution in [0.1, 0.15) is 20.3 Å². The highest BCUT2D eigenvalue weighted by molar-refractivity contribution is 8.75. The second-order valence-electron chi connectivity index (χ2n) is 2.69. The fraction of sp³-hybridized carbons (Fsp3) is 0.750. The number of carbonyl (C=O) groups excluding carboxylic acids is 1. The summed E-state index contributed by atoms with van der Waals surface area (Å²) in [6.07, 6.45) is 0.356. The van der Waals surface area contributed by atoms with Crippen LogP contribution in [0.4, 0.5) is 0 Å². The number of amides is 1. The summed E-state index contributed by atoms with van der Waals surface area (Å²) in [5, 5.41) is 8.97. The number of aliphatic carboxylic acids is 1. The van der Waals surface area contributed by atoms with E-state index in [4.69, 9.17) is 5.11 Å². The molecule has 0 aromatic heterocycles. The molecule has 4 nitrogen and oxygen atoms in total. The van der Waals surface area contributed by atoms with Crippen molar-refractivity contribution in [3.8, 4) is 0 Å². The Morgan fingerprint density at radius 3 is 2.47 bits per heavy atom. The van der Waals surface area contributed by atoms with Gasteiger partial charge in [-0.15, -0.1) is 0 Å². The average molecular weight is 269 g/mol. The Kier molecular flexibility index (Phi) is 8.17. The first-order valence-electron chi connectivity index (χ1n) is 4.47. The first-order chi connectivity index (χ1) is 7.04. The van der Waals surface area contributed by atoms with Gasteiger partial charge in [0.1, 0.15) is 6.04 Å². The van der Waals surface area contributed by atoms with Gasteiger partial charge >= 0.3 is 5.97 Å². The summed E-state index contributed by atoms with van der Waals surface area (Å²) in [4.78, 5) is 22.2. The lowest BCUT2D eigenvalue weighted by Gasteiger charge is -2.25. The molecular formula is C8H15NO3S3. The molecule has 1 unspecified atom stereocenters. The highest BCUT2D eigenvalue weighted by Gasteiger charge is 2.27. The molecule has 1 atom stereocenters. The summed E-state index contributed by atoms with van der Waals surface area (Å²) in [5.74, 6) is 0.0401. The molecule has 0 spiro atoms. The molecular weight excluding hydrogens is 254 g/mol. The monoisotopic (exact) mass is 269 g/mol. The molecule has 0 aromatic carbocycles. The van der Waals surface area contributed by atoms with E-state index in [1.165, 1.54) is 33.0 Å².